The molecule has 0 unspecified atom stereocenters. The second-order valence-electron chi connectivity index (χ2n) is 4.93. The predicted molar refractivity (Wildman–Crippen MR) is 68.5 cm³/mol. The van der Waals surface area contributed by atoms with E-state index >= 15 is 0 Å². The van der Waals surface area contributed by atoms with E-state index < -0.39 is 0 Å². The summed E-state index contributed by atoms with van der Waals surface area (Å²) in [5, 5.41) is 9.87. The molecule has 0 atom stereocenters. The molecule has 0 aliphatic heterocycles. The van der Waals surface area contributed by atoms with Gasteiger partial charge in [0.25, 0.3) is 0 Å². The molecule has 0 spiro atoms. The van der Waals surface area contributed by atoms with Crippen LogP contribution in [0.4, 0.5) is 0 Å². The molecule has 0 amide bonds. The van der Waals surface area contributed by atoms with E-state index in [0.717, 1.165) is 18.4 Å². The number of benzene rings is 1. The number of nitrogens with two attached hydrogens (primary N) is 1. The molecule has 1 aromatic carbocycles. The molecule has 1 aliphatic rings. The van der Waals surface area contributed by atoms with Crippen LogP contribution < -0.4 is 10.5 Å². The Labute approximate surface area is 103 Å². The average Bonchev–Trinajstić information content (AvgIpc) is 2.39. The van der Waals surface area contributed by atoms with Crippen molar-refractivity contribution in [3.05, 3.63) is 23.8 Å². The highest BCUT2D eigenvalue weighted by Gasteiger charge is 2.32. The van der Waals surface area contributed by atoms with Crippen molar-refractivity contribution in [2.45, 2.75) is 37.5 Å². The fourth-order valence-electron chi connectivity index (χ4n) is 2.86. The largest absolute Gasteiger partial charge is 0.504 e. The summed E-state index contributed by atoms with van der Waals surface area (Å²) in [6.07, 6.45) is 5.99. The van der Waals surface area contributed by atoms with Gasteiger partial charge in [-0.3, -0.25) is 0 Å². The molecular weight excluding hydrogens is 214 g/mol. The Bertz CT molecular complexity index is 384. The number of phenols is 1. The van der Waals surface area contributed by atoms with E-state index in [1.807, 2.05) is 18.2 Å². The molecule has 94 valence electrons. The minimum absolute atomic E-state index is 0.0575. The lowest BCUT2D eigenvalue weighted by atomic mass is 9.69. The number of aromatic hydroxyl groups is 1. The van der Waals surface area contributed by atoms with Crippen LogP contribution in [0, 0.1) is 0 Å². The fourth-order valence-corrected chi connectivity index (χ4v) is 2.86. The van der Waals surface area contributed by atoms with Crippen LogP contribution in [0.3, 0.4) is 0 Å². The first-order chi connectivity index (χ1) is 8.22. The Kier molecular flexibility index (Phi) is 3.57. The highest BCUT2D eigenvalue weighted by atomic mass is 16.5. The van der Waals surface area contributed by atoms with Crippen molar-refractivity contribution in [1.82, 2.24) is 0 Å². The van der Waals surface area contributed by atoms with Crippen LogP contribution in [-0.2, 0) is 5.41 Å². The van der Waals surface area contributed by atoms with Crippen molar-refractivity contribution in [1.29, 1.82) is 0 Å². The molecule has 0 heterocycles. The maximum Gasteiger partial charge on any atom is 0.160 e. The number of rotatable bonds is 3. The lowest BCUT2D eigenvalue weighted by Crippen LogP contribution is -2.37. The van der Waals surface area contributed by atoms with Crippen LogP contribution in [0.2, 0.25) is 0 Å². The monoisotopic (exact) mass is 235 g/mol. The number of methoxy groups -OCH3 is 1. The molecule has 3 heteroatoms. The van der Waals surface area contributed by atoms with E-state index in [-0.39, 0.29) is 11.2 Å². The van der Waals surface area contributed by atoms with Crippen molar-refractivity contribution in [2.75, 3.05) is 13.7 Å². The van der Waals surface area contributed by atoms with Crippen LogP contribution in [0.1, 0.15) is 37.7 Å². The Morgan fingerprint density at radius 3 is 2.53 bits per heavy atom. The summed E-state index contributed by atoms with van der Waals surface area (Å²) in [5.41, 5.74) is 7.19. The number of ether oxygens (including phenoxy) is 1. The van der Waals surface area contributed by atoms with Gasteiger partial charge in [0.15, 0.2) is 11.5 Å². The van der Waals surface area contributed by atoms with Gasteiger partial charge in [-0.1, -0.05) is 25.3 Å². The van der Waals surface area contributed by atoms with E-state index in [4.69, 9.17) is 10.5 Å². The summed E-state index contributed by atoms with van der Waals surface area (Å²) in [6.45, 7) is 0.652. The molecule has 1 fully saturated rings. The molecule has 1 aromatic rings. The standard InChI is InChI=1S/C14H21NO2/c1-17-13-6-5-11(9-12(13)16)14(10-15)7-3-2-4-8-14/h5-6,9,16H,2-4,7-8,10,15H2,1H3. The number of phenolic OH excluding ortho intramolecular Hbond substituents is 1. The van der Waals surface area contributed by atoms with E-state index in [1.54, 1.807) is 7.11 Å². The van der Waals surface area contributed by atoms with Gasteiger partial charge in [-0.15, -0.1) is 0 Å². The molecule has 1 saturated carbocycles. The van der Waals surface area contributed by atoms with Gasteiger partial charge < -0.3 is 15.6 Å². The van der Waals surface area contributed by atoms with Gasteiger partial charge in [0, 0.05) is 12.0 Å². The van der Waals surface area contributed by atoms with Gasteiger partial charge in [-0.25, -0.2) is 0 Å². The molecule has 1 aliphatic carbocycles. The minimum Gasteiger partial charge on any atom is -0.504 e. The number of hydrogen-bond acceptors (Lipinski definition) is 3. The van der Waals surface area contributed by atoms with Gasteiger partial charge in [0.1, 0.15) is 0 Å². The van der Waals surface area contributed by atoms with Gasteiger partial charge in [0.05, 0.1) is 7.11 Å². The summed E-state index contributed by atoms with van der Waals surface area (Å²) in [7, 11) is 1.56. The zero-order valence-electron chi connectivity index (χ0n) is 10.4. The lowest BCUT2D eigenvalue weighted by Gasteiger charge is -2.37. The maximum atomic E-state index is 9.87. The maximum absolute atomic E-state index is 9.87. The van der Waals surface area contributed by atoms with Crippen LogP contribution in [-0.4, -0.2) is 18.8 Å². The first-order valence-electron chi connectivity index (χ1n) is 6.29. The van der Waals surface area contributed by atoms with Crippen LogP contribution in [0.25, 0.3) is 0 Å². The molecule has 0 bridgehead atoms. The normalized spacial score (nSPS) is 18.9. The van der Waals surface area contributed by atoms with Crippen molar-refractivity contribution in [2.24, 2.45) is 5.73 Å². The molecule has 3 N–H and O–H groups in total. The summed E-state index contributed by atoms with van der Waals surface area (Å²) >= 11 is 0. The molecule has 0 aromatic heterocycles. The Hall–Kier alpha value is -1.22. The molecule has 17 heavy (non-hydrogen) atoms. The van der Waals surface area contributed by atoms with E-state index in [9.17, 15) is 5.11 Å². The molecule has 2 rings (SSSR count). The molecule has 3 nitrogen and oxygen atoms in total. The first kappa shape index (κ1) is 12.2. The lowest BCUT2D eigenvalue weighted by molar-refractivity contribution is 0.298. The van der Waals surface area contributed by atoms with Crippen molar-refractivity contribution >= 4 is 0 Å². The second kappa shape index (κ2) is 4.96. The van der Waals surface area contributed by atoms with E-state index in [1.165, 1.54) is 19.3 Å². The fraction of sp³-hybridized carbons (Fsp3) is 0.571. The molecule has 0 radical (unpaired) electrons. The van der Waals surface area contributed by atoms with Crippen LogP contribution in [0.5, 0.6) is 11.5 Å². The highest BCUT2D eigenvalue weighted by Crippen LogP contribution is 2.41. The van der Waals surface area contributed by atoms with Gasteiger partial charge in [0.2, 0.25) is 0 Å². The van der Waals surface area contributed by atoms with E-state index in [2.05, 4.69) is 0 Å². The summed E-state index contributed by atoms with van der Waals surface area (Å²) in [5.74, 6) is 0.736. The van der Waals surface area contributed by atoms with Crippen LogP contribution in [0.15, 0.2) is 18.2 Å². The van der Waals surface area contributed by atoms with Gasteiger partial charge >= 0.3 is 0 Å². The first-order valence-corrected chi connectivity index (χ1v) is 6.29. The Morgan fingerprint density at radius 2 is 2.00 bits per heavy atom. The van der Waals surface area contributed by atoms with Crippen molar-refractivity contribution in [3.8, 4) is 11.5 Å². The van der Waals surface area contributed by atoms with E-state index in [0.29, 0.717) is 12.3 Å². The van der Waals surface area contributed by atoms with Gasteiger partial charge in [-0.2, -0.15) is 0 Å². The zero-order valence-corrected chi connectivity index (χ0v) is 10.4. The van der Waals surface area contributed by atoms with Crippen molar-refractivity contribution < 1.29 is 9.84 Å². The van der Waals surface area contributed by atoms with Crippen LogP contribution >= 0.6 is 0 Å². The highest BCUT2D eigenvalue weighted by molar-refractivity contribution is 5.44. The Balaban J connectivity index is 2.33. The number of hydrogen-bond donors (Lipinski definition) is 2. The third kappa shape index (κ3) is 2.25. The minimum atomic E-state index is 0.0575. The predicted octanol–water partition coefficient (Wildman–Crippen LogP) is 2.56. The Morgan fingerprint density at radius 1 is 1.29 bits per heavy atom. The zero-order chi connectivity index (χ0) is 12.3. The summed E-state index contributed by atoms with van der Waals surface area (Å²) in [4.78, 5) is 0. The summed E-state index contributed by atoms with van der Waals surface area (Å²) < 4.78 is 5.07. The smallest absolute Gasteiger partial charge is 0.160 e. The van der Waals surface area contributed by atoms with Gasteiger partial charge in [-0.05, 0) is 30.5 Å². The SMILES string of the molecule is COc1ccc(C2(CN)CCCCC2)cc1O. The topological polar surface area (TPSA) is 55.5 Å². The quantitative estimate of drug-likeness (QED) is 0.846. The third-order valence-electron chi connectivity index (χ3n) is 3.99. The molecule has 0 saturated heterocycles. The molecular formula is C14H21NO2. The third-order valence-corrected chi connectivity index (χ3v) is 3.99. The second-order valence-corrected chi connectivity index (χ2v) is 4.93. The van der Waals surface area contributed by atoms with Crippen molar-refractivity contribution in [3.63, 3.8) is 0 Å². The summed E-state index contributed by atoms with van der Waals surface area (Å²) in [6, 6.07) is 5.68. The average molecular weight is 235 g/mol.